The van der Waals surface area contributed by atoms with Crippen LogP contribution in [0.2, 0.25) is 0 Å². The van der Waals surface area contributed by atoms with Gasteiger partial charge in [0.1, 0.15) is 0 Å². The number of para-hydroxylation sites is 1. The van der Waals surface area contributed by atoms with Crippen molar-refractivity contribution in [2.75, 3.05) is 20.8 Å². The van der Waals surface area contributed by atoms with E-state index in [0.29, 0.717) is 22.7 Å². The number of carbonyl (C=O) groups excluding carboxylic acids is 3. The topological polar surface area (TPSA) is 132 Å². The Balaban J connectivity index is 0.00000106. The molecule has 178 valence electrons. The van der Waals surface area contributed by atoms with Crippen molar-refractivity contribution < 1.29 is 53.8 Å². The van der Waals surface area contributed by atoms with Gasteiger partial charge in [0.25, 0.3) is 0 Å². The van der Waals surface area contributed by atoms with Gasteiger partial charge in [-0.3, -0.25) is 9.59 Å². The molecule has 1 aromatic carbocycles. The average Bonchev–Trinajstić information content (AvgIpc) is 3.43. The molecule has 1 unspecified atom stereocenters. The largest absolute Gasteiger partial charge is 1.00 e. The zero-order chi connectivity index (χ0) is 25.0. The molecule has 34 heavy (non-hydrogen) atoms. The van der Waals surface area contributed by atoms with Crippen molar-refractivity contribution in [3.63, 3.8) is 0 Å². The van der Waals surface area contributed by atoms with Gasteiger partial charge in [-0.2, -0.15) is 5.10 Å². The van der Waals surface area contributed by atoms with Crippen LogP contribution < -0.4 is 40.4 Å². The van der Waals surface area contributed by atoms with Gasteiger partial charge in [-0.1, -0.05) is 49.1 Å². The normalized spacial score (nSPS) is 10.6. The van der Waals surface area contributed by atoms with Crippen molar-refractivity contribution in [2.45, 2.75) is 25.6 Å². The molecule has 0 fully saturated rings. The summed E-state index contributed by atoms with van der Waals surface area (Å²) in [5.74, 6) is -1.67. The summed E-state index contributed by atoms with van der Waals surface area (Å²) >= 11 is 6.96. The maximum absolute atomic E-state index is 12.1. The van der Waals surface area contributed by atoms with Gasteiger partial charge < -0.3 is 24.9 Å². The van der Waals surface area contributed by atoms with Crippen LogP contribution in [0, 0.1) is 6.92 Å². The molecule has 2 aromatic heterocycles. The smallest absolute Gasteiger partial charge is 0.548 e. The minimum atomic E-state index is -1.18. The van der Waals surface area contributed by atoms with Crippen LogP contribution in [0.3, 0.4) is 0 Å². The number of nitrogens with zero attached hydrogens (tertiary/aromatic N) is 3. The van der Waals surface area contributed by atoms with Gasteiger partial charge in [0.05, 0.1) is 18.1 Å². The number of carbonyl (C=O) groups is 3. The molecule has 2 heterocycles. The van der Waals surface area contributed by atoms with E-state index in [9.17, 15) is 19.5 Å². The summed E-state index contributed by atoms with van der Waals surface area (Å²) in [5.41, 5.74) is 6.73. The molecule has 0 amide bonds. The number of thioether (sulfide) groups is 1. The molecule has 0 aliphatic rings. The van der Waals surface area contributed by atoms with Crippen LogP contribution in [0.1, 0.15) is 23.0 Å². The monoisotopic (exact) mass is 514 g/mol. The fourth-order valence-corrected chi connectivity index (χ4v) is 4.44. The minimum absolute atomic E-state index is 0. The Hall–Kier alpha value is -1.86. The fourth-order valence-electron chi connectivity index (χ4n) is 3.05. The number of nitrogens with two attached hydrogens (primary N) is 1. The number of rotatable bonds is 7. The molecule has 0 aliphatic heterocycles. The molecule has 3 rings (SSSR count). The third-order valence-electron chi connectivity index (χ3n) is 4.28. The SMILES string of the molecule is CN.COCC(=O)[O-].Cc1c(C(=O)C=O)c2ccccc2n1CC(C)SC(=S)n1cccn1.[Na+]. The van der Waals surface area contributed by atoms with E-state index in [1.165, 1.54) is 14.2 Å². The Kier molecular flexibility index (Phi) is 15.8. The number of hydrogen-bond donors (Lipinski definition) is 1. The number of hydrogen-bond acceptors (Lipinski definition) is 9. The molecule has 1 atom stereocenters. The fraction of sp³-hybridized carbons (Fsp3) is 0.318. The third-order valence-corrected chi connectivity index (χ3v) is 5.70. The van der Waals surface area contributed by atoms with E-state index >= 15 is 0 Å². The summed E-state index contributed by atoms with van der Waals surface area (Å²) in [7, 11) is 2.80. The number of ether oxygens (including phenoxy) is 1. The summed E-state index contributed by atoms with van der Waals surface area (Å²) in [6.07, 6.45) is 3.89. The van der Waals surface area contributed by atoms with E-state index in [-0.39, 0.29) is 41.4 Å². The van der Waals surface area contributed by atoms with Crippen LogP contribution in [0.15, 0.2) is 42.7 Å². The van der Waals surface area contributed by atoms with E-state index in [1.54, 1.807) is 22.6 Å². The van der Waals surface area contributed by atoms with Crippen molar-refractivity contribution in [3.05, 3.63) is 54.0 Å². The quantitative estimate of drug-likeness (QED) is 0.131. The van der Waals surface area contributed by atoms with Crippen LogP contribution in [0.5, 0.6) is 0 Å². The predicted molar refractivity (Wildman–Crippen MR) is 131 cm³/mol. The zero-order valence-corrected chi connectivity index (χ0v) is 23.5. The molecular formula is C22H27N4NaO5S2. The zero-order valence-electron chi connectivity index (χ0n) is 19.9. The summed E-state index contributed by atoms with van der Waals surface area (Å²) in [6.45, 7) is 4.31. The number of aliphatic carboxylic acids is 1. The molecule has 0 spiro atoms. The number of aromatic nitrogens is 3. The number of benzene rings is 1. The molecule has 0 radical (unpaired) electrons. The Morgan fingerprint density at radius 3 is 2.44 bits per heavy atom. The number of fused-ring (bicyclic) bond motifs is 1. The van der Waals surface area contributed by atoms with Crippen LogP contribution in [-0.4, -0.2) is 62.7 Å². The van der Waals surface area contributed by atoms with Gasteiger partial charge in [0.2, 0.25) is 5.78 Å². The summed E-state index contributed by atoms with van der Waals surface area (Å²) in [5, 5.41) is 14.5. The second-order valence-electron chi connectivity index (χ2n) is 6.52. The first-order chi connectivity index (χ1) is 15.8. The van der Waals surface area contributed by atoms with E-state index in [4.69, 9.17) is 12.2 Å². The van der Waals surface area contributed by atoms with Gasteiger partial charge in [-0.15, -0.1) is 0 Å². The molecule has 3 aromatic rings. The number of carboxylic acid groups (broad SMARTS) is 1. The Bertz CT molecular complexity index is 1090. The van der Waals surface area contributed by atoms with Crippen LogP contribution in [0.25, 0.3) is 10.9 Å². The maximum atomic E-state index is 12.1. The summed E-state index contributed by atoms with van der Waals surface area (Å²) < 4.78 is 8.56. The first-order valence-corrected chi connectivity index (χ1v) is 11.1. The number of Topliss-reactive ketones (excluding diaryl/α,β-unsaturated/α-hetero) is 1. The number of aldehydes is 1. The van der Waals surface area contributed by atoms with Crippen molar-refractivity contribution in [2.24, 2.45) is 5.73 Å². The van der Waals surface area contributed by atoms with Crippen molar-refractivity contribution >= 4 is 57.2 Å². The summed E-state index contributed by atoms with van der Waals surface area (Å²) in [4.78, 5) is 32.4. The number of methoxy groups -OCH3 is 1. The number of thiocarbonyl (C=S) groups is 1. The molecule has 12 heteroatoms. The van der Waals surface area contributed by atoms with Crippen molar-refractivity contribution in [3.8, 4) is 0 Å². The molecule has 9 nitrogen and oxygen atoms in total. The van der Waals surface area contributed by atoms with Gasteiger partial charge in [0, 0.05) is 47.9 Å². The molecule has 0 aliphatic carbocycles. The molecule has 0 bridgehead atoms. The van der Waals surface area contributed by atoms with E-state index in [1.807, 2.05) is 43.5 Å². The number of ketones is 1. The Morgan fingerprint density at radius 1 is 1.29 bits per heavy atom. The first kappa shape index (κ1) is 32.1. The minimum Gasteiger partial charge on any atom is -0.548 e. The third kappa shape index (κ3) is 9.06. The Morgan fingerprint density at radius 2 is 1.94 bits per heavy atom. The van der Waals surface area contributed by atoms with Crippen molar-refractivity contribution in [1.82, 2.24) is 14.3 Å². The first-order valence-electron chi connectivity index (χ1n) is 9.84. The maximum Gasteiger partial charge on any atom is 1.00 e. The van der Waals surface area contributed by atoms with Crippen molar-refractivity contribution in [1.29, 1.82) is 0 Å². The molecule has 0 saturated carbocycles. The van der Waals surface area contributed by atoms with Crippen LogP contribution in [0.4, 0.5) is 0 Å². The molecule has 2 N–H and O–H groups in total. The van der Waals surface area contributed by atoms with Gasteiger partial charge in [-0.25, -0.2) is 4.68 Å². The van der Waals surface area contributed by atoms with Crippen LogP contribution in [-0.2, 0) is 20.9 Å². The van der Waals surface area contributed by atoms with E-state index < -0.39 is 11.8 Å². The average molecular weight is 515 g/mol. The standard InChI is InChI=1S/C18H17N3O2S2.C3H6O3.CH5N.Na/c1-12(25-18(24)21-9-5-8-19-21)10-20-13(2)17(16(23)11-22)14-6-3-4-7-15(14)20;1-6-2-3(4)5;1-2;/h3-9,11-12H,10H2,1-2H3;2H2,1H3,(H,4,5);2H2,1H3;/q;;;+1/p-1. The number of carboxylic acids is 1. The van der Waals surface area contributed by atoms with Gasteiger partial charge >= 0.3 is 29.6 Å². The van der Waals surface area contributed by atoms with E-state index in [2.05, 4.69) is 27.1 Å². The Labute approximate surface area is 230 Å². The second kappa shape index (κ2) is 16.7. The molecule has 0 saturated heterocycles. The predicted octanol–water partition coefficient (Wildman–Crippen LogP) is -1.56. The van der Waals surface area contributed by atoms with E-state index in [0.717, 1.165) is 16.6 Å². The summed E-state index contributed by atoms with van der Waals surface area (Å²) in [6, 6.07) is 9.48. The van der Waals surface area contributed by atoms with Gasteiger partial charge in [0.15, 0.2) is 10.6 Å². The van der Waals surface area contributed by atoms with Gasteiger partial charge in [-0.05, 0) is 26.1 Å². The second-order valence-corrected chi connectivity index (χ2v) is 8.59. The molecular weight excluding hydrogens is 487 g/mol. The van der Waals surface area contributed by atoms with Crippen LogP contribution >= 0.6 is 24.0 Å².